The number of ether oxygens (including phenoxy) is 1. The van der Waals surface area contributed by atoms with Gasteiger partial charge in [-0.3, -0.25) is 15.5 Å². The largest absolute Gasteiger partial charge is 0.497 e. The summed E-state index contributed by atoms with van der Waals surface area (Å²) >= 11 is 0. The molecule has 0 aliphatic rings. The number of rotatable bonds is 5. The average molecular weight is 352 g/mol. The fraction of sp³-hybridized carbons (Fsp3) is 0.176. The number of methoxy groups -OCH3 is 1. The van der Waals surface area contributed by atoms with Crippen LogP contribution in [0.3, 0.4) is 0 Å². The van der Waals surface area contributed by atoms with E-state index in [4.69, 9.17) is 15.9 Å². The highest BCUT2D eigenvalue weighted by Gasteiger charge is 2.21. The molecule has 0 aromatic heterocycles. The van der Waals surface area contributed by atoms with Crippen LogP contribution >= 0.6 is 12.4 Å². The van der Waals surface area contributed by atoms with Crippen molar-refractivity contribution in [2.75, 3.05) is 7.11 Å². The second-order valence-electron chi connectivity index (χ2n) is 5.06. The summed E-state index contributed by atoms with van der Waals surface area (Å²) in [7, 11) is 1.58. The highest BCUT2D eigenvalue weighted by Crippen LogP contribution is 2.23. The van der Waals surface area contributed by atoms with Gasteiger partial charge in [0, 0.05) is 0 Å². The Morgan fingerprint density at radius 3 is 2.29 bits per heavy atom. The van der Waals surface area contributed by atoms with Gasteiger partial charge in [0.05, 0.1) is 13.0 Å². The standard InChI is InChI=1S/C17H18FN3O2.ClH/c1-23-14-8-2-11(3-9-14)10-15(16(22)21-17(19)20)12-4-6-13(18)7-5-12;/h2-9,15H,10H2,1H3,(H4,19,20,21,22);1H. The van der Waals surface area contributed by atoms with Crippen molar-refractivity contribution in [3.05, 3.63) is 65.5 Å². The lowest BCUT2D eigenvalue weighted by atomic mass is 9.91. The predicted molar refractivity (Wildman–Crippen MR) is 93.1 cm³/mol. The molecule has 2 aromatic rings. The van der Waals surface area contributed by atoms with Crippen molar-refractivity contribution in [3.8, 4) is 5.75 Å². The molecule has 0 saturated heterocycles. The van der Waals surface area contributed by atoms with Crippen LogP contribution in [-0.2, 0) is 11.2 Å². The van der Waals surface area contributed by atoms with E-state index in [0.29, 0.717) is 12.0 Å². The fourth-order valence-corrected chi connectivity index (χ4v) is 2.27. The Hall–Kier alpha value is -2.60. The van der Waals surface area contributed by atoms with Crippen molar-refractivity contribution in [2.24, 2.45) is 5.73 Å². The van der Waals surface area contributed by atoms with Crippen LogP contribution in [0.15, 0.2) is 48.5 Å². The van der Waals surface area contributed by atoms with E-state index in [1.54, 1.807) is 31.4 Å². The van der Waals surface area contributed by atoms with Crippen LogP contribution in [0.25, 0.3) is 0 Å². The number of carbonyl (C=O) groups excluding carboxylic acids is 1. The molecule has 0 saturated carbocycles. The molecule has 128 valence electrons. The predicted octanol–water partition coefficient (Wildman–Crippen LogP) is 2.59. The topological polar surface area (TPSA) is 88.2 Å². The van der Waals surface area contributed by atoms with E-state index in [1.165, 1.54) is 12.1 Å². The van der Waals surface area contributed by atoms with Crippen LogP contribution in [0, 0.1) is 11.2 Å². The lowest BCUT2D eigenvalue weighted by Crippen LogP contribution is -2.39. The van der Waals surface area contributed by atoms with E-state index >= 15 is 0 Å². The molecular weight excluding hydrogens is 333 g/mol. The summed E-state index contributed by atoms with van der Waals surface area (Å²) in [5, 5.41) is 9.52. The molecule has 2 rings (SSSR count). The molecule has 0 bridgehead atoms. The van der Waals surface area contributed by atoms with Crippen LogP contribution < -0.4 is 15.8 Å². The smallest absolute Gasteiger partial charge is 0.234 e. The number of hydrogen-bond acceptors (Lipinski definition) is 3. The minimum absolute atomic E-state index is 0. The minimum atomic E-state index is -0.576. The number of nitrogens with one attached hydrogen (secondary N) is 2. The van der Waals surface area contributed by atoms with Gasteiger partial charge in [0.1, 0.15) is 11.6 Å². The van der Waals surface area contributed by atoms with Gasteiger partial charge in [0.25, 0.3) is 0 Å². The number of hydrogen-bond donors (Lipinski definition) is 3. The summed E-state index contributed by atoms with van der Waals surface area (Å²) in [6.07, 6.45) is 0.398. The zero-order valence-corrected chi connectivity index (χ0v) is 13.9. The van der Waals surface area contributed by atoms with Gasteiger partial charge in [-0.1, -0.05) is 24.3 Å². The van der Waals surface area contributed by atoms with Crippen LogP contribution in [0.1, 0.15) is 17.0 Å². The SMILES string of the molecule is COc1ccc(CC(C(=O)NC(=N)N)c2ccc(F)cc2)cc1.Cl. The molecule has 0 heterocycles. The number of amides is 1. The first-order chi connectivity index (χ1) is 11.0. The Kier molecular flexibility index (Phi) is 7.20. The molecule has 1 amide bonds. The number of halogens is 2. The Labute approximate surface area is 145 Å². The maximum Gasteiger partial charge on any atom is 0.234 e. The van der Waals surface area contributed by atoms with Crippen LogP contribution in [0.2, 0.25) is 0 Å². The van der Waals surface area contributed by atoms with E-state index in [0.717, 1.165) is 11.3 Å². The maximum atomic E-state index is 13.1. The third kappa shape index (κ3) is 5.24. The Bertz CT molecular complexity index is 690. The van der Waals surface area contributed by atoms with Crippen molar-refractivity contribution >= 4 is 24.3 Å². The van der Waals surface area contributed by atoms with Gasteiger partial charge in [0.2, 0.25) is 5.91 Å². The van der Waals surface area contributed by atoms with E-state index < -0.39 is 17.8 Å². The summed E-state index contributed by atoms with van der Waals surface area (Å²) < 4.78 is 18.2. The molecule has 0 fully saturated rings. The third-order valence-electron chi connectivity index (χ3n) is 3.45. The van der Waals surface area contributed by atoms with Gasteiger partial charge in [-0.15, -0.1) is 12.4 Å². The maximum absolute atomic E-state index is 13.1. The lowest BCUT2D eigenvalue weighted by molar-refractivity contribution is -0.121. The molecule has 0 spiro atoms. The average Bonchev–Trinajstić information content (AvgIpc) is 2.53. The molecular formula is C17H19ClFN3O2. The number of guanidine groups is 1. The molecule has 24 heavy (non-hydrogen) atoms. The fourth-order valence-electron chi connectivity index (χ4n) is 2.27. The van der Waals surface area contributed by atoms with Crippen LogP contribution in [0.4, 0.5) is 4.39 Å². The number of benzene rings is 2. The first-order valence-electron chi connectivity index (χ1n) is 7.03. The van der Waals surface area contributed by atoms with Gasteiger partial charge in [-0.25, -0.2) is 4.39 Å². The number of nitrogens with two attached hydrogens (primary N) is 1. The van der Waals surface area contributed by atoms with E-state index in [-0.39, 0.29) is 18.2 Å². The molecule has 5 nitrogen and oxygen atoms in total. The van der Waals surface area contributed by atoms with Gasteiger partial charge in [0.15, 0.2) is 5.96 Å². The van der Waals surface area contributed by atoms with Crippen molar-refractivity contribution in [3.63, 3.8) is 0 Å². The summed E-state index contributed by atoms with van der Waals surface area (Å²) in [4.78, 5) is 12.3. The first kappa shape index (κ1) is 19.4. The lowest BCUT2D eigenvalue weighted by Gasteiger charge is -2.17. The molecule has 0 aliphatic carbocycles. The molecule has 1 unspecified atom stereocenters. The van der Waals surface area contributed by atoms with Gasteiger partial charge >= 0.3 is 0 Å². The summed E-state index contributed by atoms with van der Waals surface area (Å²) in [5.74, 6) is -1.05. The van der Waals surface area contributed by atoms with Crippen molar-refractivity contribution in [2.45, 2.75) is 12.3 Å². The zero-order valence-electron chi connectivity index (χ0n) is 13.1. The molecule has 0 radical (unpaired) electrons. The van der Waals surface area contributed by atoms with Gasteiger partial charge < -0.3 is 10.5 Å². The third-order valence-corrected chi connectivity index (χ3v) is 3.45. The Morgan fingerprint density at radius 1 is 1.21 bits per heavy atom. The Balaban J connectivity index is 0.00000288. The van der Waals surface area contributed by atoms with E-state index in [9.17, 15) is 9.18 Å². The van der Waals surface area contributed by atoms with Crippen LogP contribution in [-0.4, -0.2) is 19.0 Å². The van der Waals surface area contributed by atoms with Crippen molar-refractivity contribution in [1.82, 2.24) is 5.32 Å². The molecule has 0 aliphatic heterocycles. The van der Waals surface area contributed by atoms with Crippen molar-refractivity contribution in [1.29, 1.82) is 5.41 Å². The second kappa shape index (κ2) is 8.88. The first-order valence-corrected chi connectivity index (χ1v) is 7.03. The molecule has 2 aromatic carbocycles. The van der Waals surface area contributed by atoms with Crippen LogP contribution in [0.5, 0.6) is 5.75 Å². The summed E-state index contributed by atoms with van der Waals surface area (Å²) in [6, 6.07) is 13.0. The second-order valence-corrected chi connectivity index (χ2v) is 5.06. The minimum Gasteiger partial charge on any atom is -0.497 e. The van der Waals surface area contributed by atoms with Gasteiger partial charge in [-0.05, 0) is 41.8 Å². The number of carbonyl (C=O) groups is 1. The zero-order chi connectivity index (χ0) is 16.8. The van der Waals surface area contributed by atoms with Crippen molar-refractivity contribution < 1.29 is 13.9 Å². The Morgan fingerprint density at radius 2 is 1.79 bits per heavy atom. The molecule has 1 atom stereocenters. The highest BCUT2D eigenvalue weighted by atomic mass is 35.5. The quantitative estimate of drug-likeness (QED) is 0.571. The molecule has 7 heteroatoms. The summed E-state index contributed by atoms with van der Waals surface area (Å²) in [5.41, 5.74) is 6.81. The summed E-state index contributed by atoms with van der Waals surface area (Å²) in [6.45, 7) is 0. The van der Waals surface area contributed by atoms with Gasteiger partial charge in [-0.2, -0.15) is 0 Å². The van der Waals surface area contributed by atoms with E-state index in [2.05, 4.69) is 5.32 Å². The molecule has 4 N–H and O–H groups in total. The normalized spacial score (nSPS) is 11.1. The van der Waals surface area contributed by atoms with E-state index in [1.807, 2.05) is 12.1 Å². The highest BCUT2D eigenvalue weighted by molar-refractivity contribution is 5.98. The monoisotopic (exact) mass is 351 g/mol.